The third-order valence-corrected chi connectivity index (χ3v) is 4.94. The molecule has 0 amide bonds. The van der Waals surface area contributed by atoms with E-state index in [1.807, 2.05) is 4.57 Å². The van der Waals surface area contributed by atoms with Gasteiger partial charge in [0.1, 0.15) is 12.2 Å². The zero-order chi connectivity index (χ0) is 13.2. The van der Waals surface area contributed by atoms with Gasteiger partial charge in [0, 0.05) is 26.7 Å². The smallest absolute Gasteiger partial charge is 0.282 e. The normalized spacial score (nSPS) is 17.1. The molecule has 0 bridgehead atoms. The minimum Gasteiger partial charge on any atom is -0.330 e. The van der Waals surface area contributed by atoms with Crippen molar-refractivity contribution < 1.29 is 8.42 Å². The highest BCUT2D eigenvalue weighted by Crippen LogP contribution is 2.15. The van der Waals surface area contributed by atoms with Crippen LogP contribution in [0.5, 0.6) is 0 Å². The topological polar surface area (TPSA) is 97.3 Å². The summed E-state index contributed by atoms with van der Waals surface area (Å²) in [6, 6.07) is 0. The Kier molecular flexibility index (Phi) is 3.95. The first-order chi connectivity index (χ1) is 8.55. The van der Waals surface area contributed by atoms with E-state index in [-0.39, 0.29) is 6.54 Å². The monoisotopic (exact) mass is 274 g/mol. The fourth-order valence-electron chi connectivity index (χ4n) is 1.87. The van der Waals surface area contributed by atoms with E-state index >= 15 is 0 Å². The maximum Gasteiger partial charge on any atom is 0.282 e. The van der Waals surface area contributed by atoms with Crippen molar-refractivity contribution >= 4 is 10.2 Å². The molecule has 8 nitrogen and oxygen atoms in total. The van der Waals surface area contributed by atoms with Crippen LogP contribution in [0.3, 0.4) is 0 Å². The van der Waals surface area contributed by atoms with Crippen LogP contribution in [0.25, 0.3) is 0 Å². The van der Waals surface area contributed by atoms with Crippen molar-refractivity contribution in [2.45, 2.75) is 19.5 Å². The second-order valence-corrected chi connectivity index (χ2v) is 6.28. The average Bonchev–Trinajstić information content (AvgIpc) is 2.82. The number of nitrogens with zero attached hydrogens (tertiary/aromatic N) is 5. The van der Waals surface area contributed by atoms with Gasteiger partial charge >= 0.3 is 0 Å². The van der Waals surface area contributed by atoms with Crippen molar-refractivity contribution in [3.63, 3.8) is 0 Å². The van der Waals surface area contributed by atoms with E-state index in [1.54, 1.807) is 13.4 Å². The fraction of sp³-hybridized carbons (Fsp3) is 0.778. The van der Waals surface area contributed by atoms with Gasteiger partial charge in [-0.05, 0) is 13.0 Å². The van der Waals surface area contributed by atoms with Gasteiger partial charge in [-0.1, -0.05) is 0 Å². The molecule has 0 aromatic carbocycles. The maximum atomic E-state index is 12.3. The molecule has 18 heavy (non-hydrogen) atoms. The lowest BCUT2D eigenvalue weighted by molar-refractivity contribution is 0.306. The molecular formula is C9H18N6O2S. The van der Waals surface area contributed by atoms with E-state index < -0.39 is 10.2 Å². The van der Waals surface area contributed by atoms with Gasteiger partial charge in [-0.3, -0.25) is 0 Å². The van der Waals surface area contributed by atoms with E-state index in [0.29, 0.717) is 38.4 Å². The molecule has 0 saturated heterocycles. The molecule has 0 atom stereocenters. The molecule has 2 rings (SSSR count). The Morgan fingerprint density at radius 3 is 3.00 bits per heavy atom. The van der Waals surface area contributed by atoms with E-state index in [1.165, 1.54) is 8.61 Å². The van der Waals surface area contributed by atoms with E-state index in [9.17, 15) is 8.42 Å². The predicted octanol–water partition coefficient (Wildman–Crippen LogP) is -1.38. The molecule has 0 aliphatic carbocycles. The molecule has 0 unspecified atom stereocenters. The molecule has 2 N–H and O–H groups in total. The molecular weight excluding hydrogens is 256 g/mol. The highest BCUT2D eigenvalue weighted by Gasteiger charge is 2.30. The first kappa shape index (κ1) is 13.4. The molecule has 1 aromatic rings. The molecule has 9 heteroatoms. The second kappa shape index (κ2) is 5.31. The summed E-state index contributed by atoms with van der Waals surface area (Å²) in [7, 11) is -1.85. The van der Waals surface area contributed by atoms with Crippen molar-refractivity contribution in [2.24, 2.45) is 5.73 Å². The third kappa shape index (κ3) is 2.53. The van der Waals surface area contributed by atoms with Gasteiger partial charge in [-0.15, -0.1) is 10.2 Å². The molecule has 2 heterocycles. The van der Waals surface area contributed by atoms with Crippen LogP contribution in [0.15, 0.2) is 6.33 Å². The number of fused-ring (bicyclic) bond motifs is 1. The van der Waals surface area contributed by atoms with Gasteiger partial charge in [0.05, 0.1) is 6.54 Å². The number of aromatic nitrogens is 3. The lowest BCUT2D eigenvalue weighted by Crippen LogP contribution is -2.45. The summed E-state index contributed by atoms with van der Waals surface area (Å²) in [4.78, 5) is 0. The van der Waals surface area contributed by atoms with Gasteiger partial charge in [-0.25, -0.2) is 0 Å². The van der Waals surface area contributed by atoms with Gasteiger partial charge in [0.25, 0.3) is 10.2 Å². The second-order valence-electron chi connectivity index (χ2n) is 4.25. The van der Waals surface area contributed by atoms with Crippen LogP contribution in [-0.4, -0.2) is 58.5 Å². The Balaban J connectivity index is 2.08. The van der Waals surface area contributed by atoms with Gasteiger partial charge in [0.15, 0.2) is 0 Å². The van der Waals surface area contributed by atoms with Crippen LogP contribution in [-0.2, 0) is 23.3 Å². The Labute approximate surface area is 107 Å². The minimum absolute atomic E-state index is 0.273. The number of rotatable bonds is 5. The van der Waals surface area contributed by atoms with Crippen molar-refractivity contribution in [2.75, 3.05) is 26.7 Å². The van der Waals surface area contributed by atoms with Crippen molar-refractivity contribution in [3.05, 3.63) is 12.2 Å². The Bertz CT molecular complexity index is 499. The molecule has 0 fully saturated rings. The van der Waals surface area contributed by atoms with Gasteiger partial charge in [0.2, 0.25) is 0 Å². The van der Waals surface area contributed by atoms with Crippen molar-refractivity contribution in [3.8, 4) is 0 Å². The van der Waals surface area contributed by atoms with Gasteiger partial charge < -0.3 is 10.3 Å². The summed E-state index contributed by atoms with van der Waals surface area (Å²) in [6.07, 6.45) is 2.27. The van der Waals surface area contributed by atoms with Crippen LogP contribution in [0.4, 0.5) is 0 Å². The van der Waals surface area contributed by atoms with Crippen molar-refractivity contribution in [1.29, 1.82) is 0 Å². The first-order valence-electron chi connectivity index (χ1n) is 5.84. The Morgan fingerprint density at radius 2 is 2.28 bits per heavy atom. The minimum atomic E-state index is -3.42. The van der Waals surface area contributed by atoms with Gasteiger partial charge in [-0.2, -0.15) is 17.0 Å². The summed E-state index contributed by atoms with van der Waals surface area (Å²) in [5, 5.41) is 7.69. The molecule has 102 valence electrons. The standard InChI is InChI=1S/C9H18N6O2S/c1-13(4-2-3-10)18(16,17)15-6-5-14-8-11-12-9(14)7-15/h8H,2-7,10H2,1H3. The summed E-state index contributed by atoms with van der Waals surface area (Å²) < 4.78 is 29.2. The highest BCUT2D eigenvalue weighted by atomic mass is 32.2. The highest BCUT2D eigenvalue weighted by molar-refractivity contribution is 7.86. The van der Waals surface area contributed by atoms with Crippen LogP contribution in [0.2, 0.25) is 0 Å². The SMILES string of the molecule is CN(CCCN)S(=O)(=O)N1CCn2cnnc2C1. The summed E-state index contributed by atoms with van der Waals surface area (Å²) in [5.74, 6) is 0.678. The summed E-state index contributed by atoms with van der Waals surface area (Å²) >= 11 is 0. The third-order valence-electron chi connectivity index (χ3n) is 3.00. The summed E-state index contributed by atoms with van der Waals surface area (Å²) in [6.45, 7) is 2.22. The van der Waals surface area contributed by atoms with Crippen LogP contribution in [0.1, 0.15) is 12.2 Å². The zero-order valence-electron chi connectivity index (χ0n) is 10.4. The number of hydrogen-bond donors (Lipinski definition) is 1. The molecule has 1 aliphatic heterocycles. The summed E-state index contributed by atoms with van der Waals surface area (Å²) in [5.41, 5.74) is 5.39. The largest absolute Gasteiger partial charge is 0.330 e. The predicted molar refractivity (Wildman–Crippen MR) is 65.7 cm³/mol. The van der Waals surface area contributed by atoms with Crippen LogP contribution < -0.4 is 5.73 Å². The molecule has 0 saturated carbocycles. The average molecular weight is 274 g/mol. The van der Waals surface area contributed by atoms with E-state index in [4.69, 9.17) is 5.73 Å². The lowest BCUT2D eigenvalue weighted by atomic mass is 10.4. The number of hydrogen-bond acceptors (Lipinski definition) is 5. The van der Waals surface area contributed by atoms with E-state index in [0.717, 1.165) is 0 Å². The molecule has 1 aromatic heterocycles. The van der Waals surface area contributed by atoms with Crippen LogP contribution >= 0.6 is 0 Å². The van der Waals surface area contributed by atoms with Crippen molar-refractivity contribution in [1.82, 2.24) is 23.4 Å². The van der Waals surface area contributed by atoms with E-state index in [2.05, 4.69) is 10.2 Å². The Morgan fingerprint density at radius 1 is 1.50 bits per heavy atom. The lowest BCUT2D eigenvalue weighted by Gasteiger charge is -2.30. The molecule has 1 aliphatic rings. The van der Waals surface area contributed by atoms with Crippen LogP contribution in [0, 0.1) is 0 Å². The maximum absolute atomic E-state index is 12.3. The first-order valence-corrected chi connectivity index (χ1v) is 7.23. The molecule has 0 radical (unpaired) electrons. The number of nitrogens with two attached hydrogens (primary N) is 1. The zero-order valence-corrected chi connectivity index (χ0v) is 11.2. The molecule has 0 spiro atoms. The fourth-order valence-corrected chi connectivity index (χ4v) is 3.21. The quantitative estimate of drug-likeness (QED) is 0.713. The Hall–Kier alpha value is -1.03.